The van der Waals surface area contributed by atoms with E-state index in [2.05, 4.69) is 14.7 Å². The summed E-state index contributed by atoms with van der Waals surface area (Å²) in [6.45, 7) is 3.58. The van der Waals surface area contributed by atoms with Crippen molar-refractivity contribution in [3.05, 3.63) is 52.5 Å². The lowest BCUT2D eigenvalue weighted by Crippen LogP contribution is -2.46. The Hall–Kier alpha value is -2.66. The number of carbonyl (C=O) groups is 2. The molecule has 1 N–H and O–H groups in total. The molecule has 214 valence electrons. The highest BCUT2D eigenvalue weighted by molar-refractivity contribution is 7.90. The summed E-state index contributed by atoms with van der Waals surface area (Å²) in [5, 5.41) is 6.41. The third-order valence-electron chi connectivity index (χ3n) is 7.79. The topological polar surface area (TPSA) is 108 Å². The van der Waals surface area contributed by atoms with Gasteiger partial charge in [0.25, 0.3) is 15.9 Å². The number of piperidine rings is 1. The van der Waals surface area contributed by atoms with Gasteiger partial charge in [-0.3, -0.25) is 9.59 Å². The van der Waals surface area contributed by atoms with Crippen LogP contribution in [0.5, 0.6) is 5.75 Å². The van der Waals surface area contributed by atoms with Crippen LogP contribution in [-0.4, -0.2) is 56.1 Å². The van der Waals surface area contributed by atoms with E-state index < -0.39 is 15.9 Å². The molecule has 40 heavy (non-hydrogen) atoms. The number of hydrogen-bond acceptors (Lipinski definition) is 7. The third kappa shape index (κ3) is 6.62. The van der Waals surface area contributed by atoms with Crippen molar-refractivity contribution >= 4 is 56.4 Å². The Morgan fingerprint density at radius 3 is 2.25 bits per heavy atom. The molecular formula is C28H32Cl2N4O5S. The number of carbonyl (C=O) groups excluding carboxylic acids is 2. The van der Waals surface area contributed by atoms with Crippen LogP contribution >= 0.6 is 23.2 Å². The first kappa shape index (κ1) is 28.9. The van der Waals surface area contributed by atoms with Gasteiger partial charge in [-0.1, -0.05) is 23.2 Å². The highest BCUT2D eigenvalue weighted by Crippen LogP contribution is 2.32. The van der Waals surface area contributed by atoms with Crippen LogP contribution in [0.1, 0.15) is 51.9 Å². The maximum Gasteiger partial charge on any atom is 0.264 e. The number of nitrogens with one attached hydrogen (secondary N) is 1. The molecule has 2 aromatic carbocycles. The normalized spacial score (nSPS) is 22.7. The average molecular weight is 608 g/mol. The Balaban J connectivity index is 1.08. The first-order valence-corrected chi connectivity index (χ1v) is 15.7. The van der Waals surface area contributed by atoms with Crippen molar-refractivity contribution in [2.24, 2.45) is 11.0 Å². The molecule has 2 aliphatic heterocycles. The molecule has 0 atom stereocenters. The van der Waals surface area contributed by atoms with Gasteiger partial charge in [0.2, 0.25) is 5.91 Å². The summed E-state index contributed by atoms with van der Waals surface area (Å²) in [5.41, 5.74) is 1.18. The third-order valence-corrected chi connectivity index (χ3v) is 9.90. The van der Waals surface area contributed by atoms with Gasteiger partial charge in [0.1, 0.15) is 11.9 Å². The molecule has 2 heterocycles. The van der Waals surface area contributed by atoms with E-state index >= 15 is 0 Å². The number of hydrogen-bond donors (Lipinski definition) is 1. The highest BCUT2D eigenvalue weighted by Gasteiger charge is 2.33. The second-order valence-corrected chi connectivity index (χ2v) is 13.1. The first-order valence-electron chi connectivity index (χ1n) is 13.5. The summed E-state index contributed by atoms with van der Waals surface area (Å²) in [6, 6.07) is 11.5. The van der Waals surface area contributed by atoms with Gasteiger partial charge in [0, 0.05) is 36.8 Å². The van der Waals surface area contributed by atoms with E-state index in [0.29, 0.717) is 40.3 Å². The van der Waals surface area contributed by atoms with Crippen molar-refractivity contribution in [3.8, 4) is 5.75 Å². The number of amides is 2. The Morgan fingerprint density at radius 1 is 0.975 bits per heavy atom. The number of nitrogens with zero attached hydrogens (tertiary/aromatic N) is 3. The van der Waals surface area contributed by atoms with Crippen molar-refractivity contribution in [2.45, 2.75) is 68.9 Å². The second-order valence-electron chi connectivity index (χ2n) is 10.6. The molecule has 1 aliphatic carbocycles. The lowest BCUT2D eigenvalue weighted by Gasteiger charge is -2.40. The minimum Gasteiger partial charge on any atom is -0.490 e. The van der Waals surface area contributed by atoms with Crippen LogP contribution in [0.25, 0.3) is 0 Å². The molecule has 0 spiro atoms. The molecule has 2 amide bonds. The van der Waals surface area contributed by atoms with E-state index in [1.54, 1.807) is 19.1 Å². The van der Waals surface area contributed by atoms with Gasteiger partial charge in [-0.15, -0.1) is 0 Å². The second kappa shape index (κ2) is 12.1. The summed E-state index contributed by atoms with van der Waals surface area (Å²) in [4.78, 5) is 27.3. The predicted molar refractivity (Wildman–Crippen MR) is 154 cm³/mol. The average Bonchev–Trinajstić information content (AvgIpc) is 3.28. The minimum absolute atomic E-state index is 0.0309. The fourth-order valence-electron chi connectivity index (χ4n) is 5.60. The lowest BCUT2D eigenvalue weighted by atomic mass is 9.84. The Morgan fingerprint density at radius 2 is 1.65 bits per heavy atom. The fraction of sp³-hybridized carbons (Fsp3) is 0.464. The molecule has 5 rings (SSSR count). The van der Waals surface area contributed by atoms with Gasteiger partial charge in [-0.2, -0.15) is 5.10 Å². The first-order chi connectivity index (χ1) is 19.1. The van der Waals surface area contributed by atoms with Crippen molar-refractivity contribution < 1.29 is 22.7 Å². The van der Waals surface area contributed by atoms with Crippen molar-refractivity contribution in [3.63, 3.8) is 0 Å². The van der Waals surface area contributed by atoms with Crippen LogP contribution in [0.15, 0.2) is 52.5 Å². The van der Waals surface area contributed by atoms with Gasteiger partial charge in [-0.25, -0.2) is 18.1 Å². The summed E-state index contributed by atoms with van der Waals surface area (Å²) >= 11 is 12.1. The van der Waals surface area contributed by atoms with E-state index in [-0.39, 0.29) is 29.2 Å². The van der Waals surface area contributed by atoms with Crippen LogP contribution in [0.4, 0.5) is 5.69 Å². The van der Waals surface area contributed by atoms with Gasteiger partial charge >= 0.3 is 0 Å². The molecule has 2 fully saturated rings. The standard InChI is InChI=1S/C28H32Cl2N4O5S/c1-18-16-27(35)34(31-18)21-6-9-24(10-7-21)40(37,38)32-28(36)19-2-4-20(5-3-19)33-14-12-22(13-15-33)39-23-8-11-25(29)26(30)17-23/h6-11,17,19-20,22H,2-5,12-16H2,1H3,(H,32,36). The van der Waals surface area contributed by atoms with E-state index in [9.17, 15) is 18.0 Å². The Bertz CT molecular complexity index is 1400. The van der Waals surface area contributed by atoms with Crippen LogP contribution < -0.4 is 14.5 Å². The zero-order chi connectivity index (χ0) is 28.4. The number of benzene rings is 2. The lowest BCUT2D eigenvalue weighted by molar-refractivity contribution is -0.124. The van der Waals surface area contributed by atoms with Crippen LogP contribution in [-0.2, 0) is 19.6 Å². The zero-order valence-corrected chi connectivity index (χ0v) is 24.5. The summed E-state index contributed by atoms with van der Waals surface area (Å²) < 4.78 is 34.1. The SMILES string of the molecule is CC1=NN(c2ccc(S(=O)(=O)NC(=O)C3CCC(N4CCC(Oc5ccc(Cl)c(Cl)c5)CC4)CC3)cc2)C(=O)C1. The molecule has 1 saturated carbocycles. The molecule has 0 radical (unpaired) electrons. The summed E-state index contributed by atoms with van der Waals surface area (Å²) in [7, 11) is -4.02. The molecule has 0 bridgehead atoms. The number of sulfonamides is 1. The minimum atomic E-state index is -4.02. The van der Waals surface area contributed by atoms with E-state index in [1.807, 2.05) is 6.07 Å². The largest absolute Gasteiger partial charge is 0.490 e. The van der Waals surface area contributed by atoms with Crippen LogP contribution in [0, 0.1) is 5.92 Å². The van der Waals surface area contributed by atoms with Crippen LogP contribution in [0.2, 0.25) is 10.0 Å². The molecule has 3 aliphatic rings. The summed E-state index contributed by atoms with van der Waals surface area (Å²) in [5.74, 6) is -0.263. The monoisotopic (exact) mass is 606 g/mol. The molecule has 12 heteroatoms. The number of hydrazone groups is 1. The smallest absolute Gasteiger partial charge is 0.264 e. The Labute approximate surface area is 244 Å². The fourth-order valence-corrected chi connectivity index (χ4v) is 6.93. The van der Waals surface area contributed by atoms with E-state index in [0.717, 1.165) is 44.5 Å². The molecule has 9 nitrogen and oxygen atoms in total. The molecule has 1 saturated heterocycles. The number of likely N-dealkylation sites (tertiary alicyclic amines) is 1. The van der Waals surface area contributed by atoms with Gasteiger partial charge in [0.15, 0.2) is 0 Å². The quantitative estimate of drug-likeness (QED) is 0.474. The van der Waals surface area contributed by atoms with Gasteiger partial charge in [-0.05, 0) is 81.8 Å². The molecule has 0 unspecified atom stereocenters. The van der Waals surface area contributed by atoms with Crippen LogP contribution in [0.3, 0.4) is 0 Å². The van der Waals surface area contributed by atoms with Crippen molar-refractivity contribution in [1.82, 2.24) is 9.62 Å². The Kier molecular flexibility index (Phi) is 8.70. The van der Waals surface area contributed by atoms with E-state index in [1.165, 1.54) is 29.3 Å². The van der Waals surface area contributed by atoms with Crippen molar-refractivity contribution in [2.75, 3.05) is 18.1 Å². The number of rotatable bonds is 7. The number of halogens is 2. The molecular weight excluding hydrogens is 575 g/mol. The maximum atomic E-state index is 12.9. The maximum absolute atomic E-state index is 12.9. The molecule has 0 aromatic heterocycles. The van der Waals surface area contributed by atoms with Crippen molar-refractivity contribution in [1.29, 1.82) is 0 Å². The molecule has 2 aromatic rings. The number of ether oxygens (including phenoxy) is 1. The highest BCUT2D eigenvalue weighted by atomic mass is 35.5. The summed E-state index contributed by atoms with van der Waals surface area (Å²) in [6.07, 6.45) is 5.11. The van der Waals surface area contributed by atoms with Gasteiger partial charge in [0.05, 0.1) is 27.0 Å². The van der Waals surface area contributed by atoms with Gasteiger partial charge < -0.3 is 9.64 Å². The number of anilines is 1. The zero-order valence-electron chi connectivity index (χ0n) is 22.2. The predicted octanol–water partition coefficient (Wildman–Crippen LogP) is 5.01. The van der Waals surface area contributed by atoms with E-state index in [4.69, 9.17) is 27.9 Å².